The van der Waals surface area contributed by atoms with E-state index in [4.69, 9.17) is 4.98 Å². The van der Waals surface area contributed by atoms with E-state index in [0.29, 0.717) is 31.7 Å². The summed E-state index contributed by atoms with van der Waals surface area (Å²) in [5.41, 5.74) is 2.67. The molecule has 29 heavy (non-hydrogen) atoms. The van der Waals surface area contributed by atoms with E-state index in [-0.39, 0.29) is 17.4 Å². The molecule has 1 fully saturated rings. The van der Waals surface area contributed by atoms with Crippen LogP contribution in [0.3, 0.4) is 0 Å². The van der Waals surface area contributed by atoms with Gasteiger partial charge in [-0.2, -0.15) is 9.40 Å². The first-order valence-corrected chi connectivity index (χ1v) is 11.8. The van der Waals surface area contributed by atoms with E-state index in [1.165, 1.54) is 10.6 Å². The number of amides is 1. The fourth-order valence-corrected chi connectivity index (χ4v) is 4.46. The molecule has 1 aliphatic rings. The second-order valence-corrected chi connectivity index (χ2v) is 11.1. The Balaban J connectivity index is 2.07. The zero-order valence-corrected chi connectivity index (χ0v) is 19.2. The first-order chi connectivity index (χ1) is 13.3. The summed E-state index contributed by atoms with van der Waals surface area (Å²) in [5, 5.41) is 5.47. The van der Waals surface area contributed by atoms with Gasteiger partial charge in [0.2, 0.25) is 10.0 Å². The van der Waals surface area contributed by atoms with Crippen LogP contribution in [0.15, 0.2) is 6.07 Å². The second-order valence-electron chi connectivity index (χ2n) is 9.07. The van der Waals surface area contributed by atoms with E-state index < -0.39 is 10.0 Å². The van der Waals surface area contributed by atoms with Crippen molar-refractivity contribution in [2.24, 2.45) is 0 Å². The lowest BCUT2D eigenvalue weighted by molar-refractivity contribution is 0.0700. The van der Waals surface area contributed by atoms with E-state index in [9.17, 15) is 13.2 Å². The summed E-state index contributed by atoms with van der Waals surface area (Å²) in [7, 11) is -3.24. The summed E-state index contributed by atoms with van der Waals surface area (Å²) in [5.74, 6) is 0.0701. The van der Waals surface area contributed by atoms with Gasteiger partial charge in [-0.3, -0.25) is 4.79 Å². The average Bonchev–Trinajstić information content (AvgIpc) is 2.97. The van der Waals surface area contributed by atoms with Gasteiger partial charge < -0.3 is 4.90 Å². The maximum atomic E-state index is 13.4. The Morgan fingerprint density at radius 3 is 2.21 bits per heavy atom. The molecular formula is C20H31N5O3S. The molecule has 8 nitrogen and oxygen atoms in total. The zero-order chi connectivity index (χ0) is 21.7. The number of aryl methyl sites for hydroxylation is 1. The van der Waals surface area contributed by atoms with Crippen LogP contribution in [0.1, 0.15) is 62.3 Å². The molecule has 0 saturated carbocycles. The molecule has 0 radical (unpaired) electrons. The number of hydrogen-bond donors (Lipinski definition) is 0. The Bertz CT molecular complexity index is 1040. The molecule has 160 valence electrons. The van der Waals surface area contributed by atoms with Crippen LogP contribution in [0.5, 0.6) is 0 Å². The Morgan fingerprint density at radius 2 is 1.72 bits per heavy atom. The predicted molar refractivity (Wildman–Crippen MR) is 114 cm³/mol. The van der Waals surface area contributed by atoms with Gasteiger partial charge in [0.1, 0.15) is 0 Å². The number of carbonyl (C=O) groups excluding carboxylic acids is 1. The van der Waals surface area contributed by atoms with Crippen molar-refractivity contribution in [1.82, 2.24) is 24.0 Å². The molecule has 3 rings (SSSR count). The fraction of sp³-hybridized carbons (Fsp3) is 0.650. The number of piperazine rings is 1. The molecule has 0 N–H and O–H groups in total. The lowest BCUT2D eigenvalue weighted by Gasteiger charge is -2.33. The van der Waals surface area contributed by atoms with Crippen molar-refractivity contribution < 1.29 is 13.2 Å². The topological polar surface area (TPSA) is 88.4 Å². The molecule has 0 atom stereocenters. The summed E-state index contributed by atoms with van der Waals surface area (Å²) < 4.78 is 26.9. The van der Waals surface area contributed by atoms with Crippen molar-refractivity contribution >= 4 is 27.0 Å². The molecule has 2 aromatic heterocycles. The highest BCUT2D eigenvalue weighted by atomic mass is 32.2. The number of pyridine rings is 1. The third-order valence-corrected chi connectivity index (χ3v) is 6.59. The number of carbonyl (C=O) groups is 1. The largest absolute Gasteiger partial charge is 0.336 e. The van der Waals surface area contributed by atoms with Gasteiger partial charge in [-0.25, -0.2) is 18.1 Å². The SMILES string of the molecule is Cc1nn(C(C)(C)C)c2nc(C(C)C)cc(C(=O)N3CCN(S(C)(=O)=O)CC3)c12. The molecular weight excluding hydrogens is 390 g/mol. The van der Waals surface area contributed by atoms with Crippen LogP contribution in [-0.4, -0.2) is 70.7 Å². The van der Waals surface area contributed by atoms with Crippen LogP contribution in [-0.2, 0) is 15.6 Å². The highest BCUT2D eigenvalue weighted by Gasteiger charge is 2.30. The number of fused-ring (bicyclic) bond motifs is 1. The molecule has 1 amide bonds. The third kappa shape index (κ3) is 4.16. The summed E-state index contributed by atoms with van der Waals surface area (Å²) in [6.07, 6.45) is 1.20. The van der Waals surface area contributed by atoms with Gasteiger partial charge in [-0.15, -0.1) is 0 Å². The quantitative estimate of drug-likeness (QED) is 0.759. The summed E-state index contributed by atoms with van der Waals surface area (Å²) >= 11 is 0. The summed E-state index contributed by atoms with van der Waals surface area (Å²) in [4.78, 5) is 20.0. The Hall–Kier alpha value is -2.00. The first-order valence-electron chi connectivity index (χ1n) is 9.96. The van der Waals surface area contributed by atoms with Gasteiger partial charge in [0.15, 0.2) is 5.65 Å². The van der Waals surface area contributed by atoms with E-state index in [2.05, 4.69) is 39.7 Å². The van der Waals surface area contributed by atoms with Crippen molar-refractivity contribution in [1.29, 1.82) is 0 Å². The molecule has 0 bridgehead atoms. The smallest absolute Gasteiger partial charge is 0.254 e. The fourth-order valence-electron chi connectivity index (χ4n) is 3.63. The minimum absolute atomic E-state index is 0.0935. The van der Waals surface area contributed by atoms with E-state index in [1.807, 2.05) is 17.7 Å². The Kier molecular flexibility index (Phi) is 5.51. The van der Waals surface area contributed by atoms with Crippen LogP contribution in [0.25, 0.3) is 11.0 Å². The monoisotopic (exact) mass is 421 g/mol. The standard InChI is InChI=1S/C20H31N5O3S/c1-13(2)16-12-15(17-14(3)22-25(18(17)21-16)20(4,5)6)19(26)23-8-10-24(11-9-23)29(7,27)28/h12-13H,8-11H2,1-7H3. The van der Waals surface area contributed by atoms with E-state index in [0.717, 1.165) is 22.4 Å². The predicted octanol–water partition coefficient (Wildman–Crippen LogP) is 2.34. The average molecular weight is 422 g/mol. The van der Waals surface area contributed by atoms with Crippen LogP contribution in [0.4, 0.5) is 0 Å². The third-order valence-electron chi connectivity index (χ3n) is 5.28. The van der Waals surface area contributed by atoms with Gasteiger partial charge in [0.25, 0.3) is 5.91 Å². The maximum Gasteiger partial charge on any atom is 0.254 e. The van der Waals surface area contributed by atoms with Gasteiger partial charge in [-0.05, 0) is 39.7 Å². The lowest BCUT2D eigenvalue weighted by Crippen LogP contribution is -2.50. The van der Waals surface area contributed by atoms with Crippen molar-refractivity contribution in [2.75, 3.05) is 32.4 Å². The lowest BCUT2D eigenvalue weighted by atomic mass is 10.0. The summed E-state index contributed by atoms with van der Waals surface area (Å²) in [6, 6.07) is 1.87. The molecule has 0 unspecified atom stereocenters. The van der Waals surface area contributed by atoms with Crippen LogP contribution in [0.2, 0.25) is 0 Å². The first kappa shape index (κ1) is 21.7. The second kappa shape index (κ2) is 7.36. The van der Waals surface area contributed by atoms with Gasteiger partial charge in [0.05, 0.1) is 28.4 Å². The molecule has 1 saturated heterocycles. The molecule has 9 heteroatoms. The highest BCUT2D eigenvalue weighted by molar-refractivity contribution is 7.88. The van der Waals surface area contributed by atoms with Gasteiger partial charge in [0, 0.05) is 31.9 Å². The van der Waals surface area contributed by atoms with E-state index >= 15 is 0 Å². The molecule has 1 aliphatic heterocycles. The molecule has 0 spiro atoms. The molecule has 3 heterocycles. The highest BCUT2D eigenvalue weighted by Crippen LogP contribution is 2.29. The van der Waals surface area contributed by atoms with Crippen molar-refractivity contribution in [2.45, 2.75) is 53.0 Å². The van der Waals surface area contributed by atoms with Crippen LogP contribution < -0.4 is 0 Å². The minimum Gasteiger partial charge on any atom is -0.336 e. The molecule has 0 aromatic carbocycles. The van der Waals surface area contributed by atoms with Gasteiger partial charge >= 0.3 is 0 Å². The van der Waals surface area contributed by atoms with Gasteiger partial charge in [-0.1, -0.05) is 13.8 Å². The van der Waals surface area contributed by atoms with Crippen molar-refractivity contribution in [3.8, 4) is 0 Å². The zero-order valence-electron chi connectivity index (χ0n) is 18.4. The normalized spacial score (nSPS) is 16.8. The number of nitrogens with zero attached hydrogens (tertiary/aromatic N) is 5. The van der Waals surface area contributed by atoms with Crippen molar-refractivity contribution in [3.05, 3.63) is 23.0 Å². The van der Waals surface area contributed by atoms with Crippen molar-refractivity contribution in [3.63, 3.8) is 0 Å². The molecule has 2 aromatic rings. The summed E-state index contributed by atoms with van der Waals surface area (Å²) in [6.45, 7) is 13.6. The number of aromatic nitrogens is 3. The van der Waals surface area contributed by atoms with Crippen LogP contribution >= 0.6 is 0 Å². The minimum atomic E-state index is -3.24. The van der Waals surface area contributed by atoms with E-state index in [1.54, 1.807) is 4.90 Å². The maximum absolute atomic E-state index is 13.4. The number of hydrogen-bond acceptors (Lipinski definition) is 5. The van der Waals surface area contributed by atoms with Crippen LogP contribution in [0, 0.1) is 6.92 Å². The Labute approximate surface area is 172 Å². The number of rotatable bonds is 3. The number of sulfonamides is 1. The Morgan fingerprint density at radius 1 is 1.14 bits per heavy atom. The molecule has 0 aliphatic carbocycles.